The molecule has 114 valence electrons. The minimum Gasteiger partial charge on any atom is -0.327 e. The van der Waals surface area contributed by atoms with Crippen LogP contribution in [0.1, 0.15) is 26.0 Å². The lowest BCUT2D eigenvalue weighted by atomic mass is 10.0. The molecule has 6 heteroatoms. The Bertz CT molecular complexity index is 488. The molecule has 0 spiro atoms. The van der Waals surface area contributed by atoms with Crippen molar-refractivity contribution in [1.82, 2.24) is 9.29 Å². The van der Waals surface area contributed by atoms with Crippen molar-refractivity contribution in [3.8, 4) is 0 Å². The van der Waals surface area contributed by atoms with E-state index in [-0.39, 0.29) is 11.8 Å². The first kappa shape index (κ1) is 17.1. The van der Waals surface area contributed by atoms with Gasteiger partial charge in [0, 0.05) is 37.9 Å². The Morgan fingerprint density at radius 1 is 1.35 bits per heavy atom. The highest BCUT2D eigenvalue weighted by atomic mass is 32.2. The maximum absolute atomic E-state index is 12.1. The van der Waals surface area contributed by atoms with E-state index >= 15 is 0 Å². The number of pyridine rings is 1. The highest BCUT2D eigenvalue weighted by Gasteiger charge is 2.19. The quantitative estimate of drug-likeness (QED) is 0.784. The summed E-state index contributed by atoms with van der Waals surface area (Å²) in [5.41, 5.74) is 6.74. The Kier molecular flexibility index (Phi) is 6.58. The topological polar surface area (TPSA) is 76.3 Å². The highest BCUT2D eigenvalue weighted by molar-refractivity contribution is 7.89. The number of nitrogens with two attached hydrogens (primary N) is 1. The molecule has 0 aliphatic heterocycles. The standard InChI is InChI=1S/C14H25N3O2S/c1-12(2)14(15)7-10-17(3)20(18,19)11-8-13-6-4-5-9-16-13/h4-6,9,12,14H,7-8,10-11,15H2,1-3H3. The van der Waals surface area contributed by atoms with E-state index < -0.39 is 10.0 Å². The predicted octanol–water partition coefficient (Wildman–Crippen LogP) is 1.26. The normalized spacial score (nSPS) is 13.9. The van der Waals surface area contributed by atoms with Gasteiger partial charge in [-0.3, -0.25) is 4.98 Å². The average Bonchev–Trinajstić information content (AvgIpc) is 2.43. The molecule has 5 nitrogen and oxygen atoms in total. The minimum atomic E-state index is -3.24. The third kappa shape index (κ3) is 5.56. The maximum atomic E-state index is 12.1. The van der Waals surface area contributed by atoms with Crippen molar-refractivity contribution >= 4 is 10.0 Å². The molecule has 0 fully saturated rings. The third-order valence-corrected chi connectivity index (χ3v) is 5.30. The Balaban J connectivity index is 2.47. The van der Waals surface area contributed by atoms with Crippen LogP contribution in [0.15, 0.2) is 24.4 Å². The second-order valence-electron chi connectivity index (χ2n) is 5.41. The summed E-state index contributed by atoms with van der Waals surface area (Å²) in [6, 6.07) is 5.55. The zero-order chi connectivity index (χ0) is 15.2. The van der Waals surface area contributed by atoms with E-state index in [0.29, 0.717) is 25.3 Å². The molecule has 1 heterocycles. The van der Waals surface area contributed by atoms with Crippen molar-refractivity contribution in [3.63, 3.8) is 0 Å². The number of hydrogen-bond acceptors (Lipinski definition) is 4. The van der Waals surface area contributed by atoms with Crippen molar-refractivity contribution in [1.29, 1.82) is 0 Å². The molecule has 1 aromatic rings. The Hall–Kier alpha value is -0.980. The number of hydrogen-bond donors (Lipinski definition) is 1. The van der Waals surface area contributed by atoms with E-state index in [1.54, 1.807) is 13.2 Å². The molecule has 0 radical (unpaired) electrons. The van der Waals surface area contributed by atoms with Crippen LogP contribution in [-0.2, 0) is 16.4 Å². The third-order valence-electron chi connectivity index (χ3n) is 3.45. The number of sulfonamides is 1. The van der Waals surface area contributed by atoms with Crippen LogP contribution in [0.25, 0.3) is 0 Å². The van der Waals surface area contributed by atoms with Crippen molar-refractivity contribution in [2.45, 2.75) is 32.7 Å². The summed E-state index contributed by atoms with van der Waals surface area (Å²) in [5.74, 6) is 0.442. The molecule has 0 aliphatic carbocycles. The van der Waals surface area contributed by atoms with Crippen molar-refractivity contribution in [2.24, 2.45) is 11.7 Å². The van der Waals surface area contributed by atoms with E-state index in [9.17, 15) is 8.42 Å². The summed E-state index contributed by atoms with van der Waals surface area (Å²) in [7, 11) is -1.63. The van der Waals surface area contributed by atoms with Crippen LogP contribution < -0.4 is 5.73 Å². The lowest BCUT2D eigenvalue weighted by Crippen LogP contribution is -2.36. The molecule has 0 bridgehead atoms. The molecule has 1 unspecified atom stereocenters. The fourth-order valence-corrected chi connectivity index (χ4v) is 2.90. The molecule has 0 amide bonds. The van der Waals surface area contributed by atoms with Crippen LogP contribution in [0, 0.1) is 5.92 Å². The van der Waals surface area contributed by atoms with Gasteiger partial charge in [0.1, 0.15) is 0 Å². The molecule has 20 heavy (non-hydrogen) atoms. The van der Waals surface area contributed by atoms with Gasteiger partial charge in [-0.25, -0.2) is 12.7 Å². The van der Waals surface area contributed by atoms with Crippen LogP contribution in [0.3, 0.4) is 0 Å². The smallest absolute Gasteiger partial charge is 0.214 e. The minimum absolute atomic E-state index is 0.0310. The van der Waals surface area contributed by atoms with E-state index in [0.717, 1.165) is 5.69 Å². The first-order valence-corrected chi connectivity index (χ1v) is 8.53. The van der Waals surface area contributed by atoms with Crippen molar-refractivity contribution in [2.75, 3.05) is 19.3 Å². The SMILES string of the molecule is CC(C)C(N)CCN(C)S(=O)(=O)CCc1ccccn1. The first-order chi connectivity index (χ1) is 9.33. The lowest BCUT2D eigenvalue weighted by molar-refractivity contribution is 0.397. The molecule has 0 aliphatic rings. The van der Waals surface area contributed by atoms with E-state index in [1.807, 2.05) is 32.0 Å². The summed E-state index contributed by atoms with van der Waals surface area (Å²) in [6.07, 6.45) is 2.79. The van der Waals surface area contributed by atoms with Gasteiger partial charge >= 0.3 is 0 Å². The molecule has 0 saturated carbocycles. The zero-order valence-corrected chi connectivity index (χ0v) is 13.3. The number of aryl methyl sites for hydroxylation is 1. The zero-order valence-electron chi connectivity index (χ0n) is 12.5. The van der Waals surface area contributed by atoms with E-state index in [1.165, 1.54) is 4.31 Å². The summed E-state index contributed by atoms with van der Waals surface area (Å²) < 4.78 is 25.7. The van der Waals surface area contributed by atoms with Gasteiger partial charge in [-0.05, 0) is 24.5 Å². The number of nitrogens with zero attached hydrogens (tertiary/aromatic N) is 2. The van der Waals surface area contributed by atoms with Gasteiger partial charge in [-0.1, -0.05) is 19.9 Å². The maximum Gasteiger partial charge on any atom is 0.214 e. The van der Waals surface area contributed by atoms with Gasteiger partial charge in [0.15, 0.2) is 0 Å². The molecule has 1 atom stereocenters. The lowest BCUT2D eigenvalue weighted by Gasteiger charge is -2.21. The van der Waals surface area contributed by atoms with Gasteiger partial charge in [0.2, 0.25) is 10.0 Å². The van der Waals surface area contributed by atoms with Crippen LogP contribution in [0.4, 0.5) is 0 Å². The van der Waals surface area contributed by atoms with Crippen LogP contribution >= 0.6 is 0 Å². The van der Waals surface area contributed by atoms with Crippen LogP contribution in [0.5, 0.6) is 0 Å². The van der Waals surface area contributed by atoms with Crippen molar-refractivity contribution in [3.05, 3.63) is 30.1 Å². The summed E-state index contributed by atoms with van der Waals surface area (Å²) in [6.45, 7) is 4.55. The van der Waals surface area contributed by atoms with E-state index in [4.69, 9.17) is 5.73 Å². The molecular weight excluding hydrogens is 274 g/mol. The summed E-state index contributed by atoms with van der Waals surface area (Å²) >= 11 is 0. The monoisotopic (exact) mass is 299 g/mol. The largest absolute Gasteiger partial charge is 0.327 e. The Labute approximate surface area is 122 Å². The van der Waals surface area contributed by atoms with Crippen LogP contribution in [0.2, 0.25) is 0 Å². The van der Waals surface area contributed by atoms with Gasteiger partial charge in [0.05, 0.1) is 5.75 Å². The fourth-order valence-electron chi connectivity index (χ4n) is 1.74. The number of aromatic nitrogens is 1. The van der Waals surface area contributed by atoms with Gasteiger partial charge < -0.3 is 5.73 Å². The van der Waals surface area contributed by atoms with E-state index in [2.05, 4.69) is 4.98 Å². The van der Waals surface area contributed by atoms with Crippen molar-refractivity contribution < 1.29 is 8.42 Å². The van der Waals surface area contributed by atoms with Gasteiger partial charge in [0.25, 0.3) is 0 Å². The molecular formula is C14H25N3O2S. The van der Waals surface area contributed by atoms with Gasteiger partial charge in [-0.2, -0.15) is 0 Å². The second kappa shape index (κ2) is 7.71. The molecule has 1 aromatic heterocycles. The fraction of sp³-hybridized carbons (Fsp3) is 0.643. The van der Waals surface area contributed by atoms with Gasteiger partial charge in [-0.15, -0.1) is 0 Å². The molecule has 0 saturated heterocycles. The summed E-state index contributed by atoms with van der Waals surface area (Å²) in [5, 5.41) is 0. The summed E-state index contributed by atoms with van der Waals surface area (Å²) in [4.78, 5) is 4.14. The van der Waals surface area contributed by atoms with Crippen LogP contribution in [-0.4, -0.2) is 43.1 Å². The predicted molar refractivity (Wildman–Crippen MR) is 81.8 cm³/mol. The molecule has 2 N–H and O–H groups in total. The molecule has 0 aromatic carbocycles. The highest BCUT2D eigenvalue weighted by Crippen LogP contribution is 2.08. The first-order valence-electron chi connectivity index (χ1n) is 6.92. The Morgan fingerprint density at radius 2 is 2.05 bits per heavy atom. The average molecular weight is 299 g/mol. The molecule has 1 rings (SSSR count). The second-order valence-corrected chi connectivity index (χ2v) is 7.60. The Morgan fingerprint density at radius 3 is 2.60 bits per heavy atom. The number of rotatable bonds is 8.